The molecule has 0 aliphatic rings. The Morgan fingerprint density at radius 3 is 3.00 bits per heavy atom. The molecule has 0 fully saturated rings. The van der Waals surface area contributed by atoms with Crippen LogP contribution in [0, 0.1) is 0 Å². The lowest BCUT2D eigenvalue weighted by Gasteiger charge is -2.02. The molecule has 1 atom stereocenters. The van der Waals surface area contributed by atoms with Crippen molar-refractivity contribution in [2.45, 2.75) is 26.3 Å². The Balaban J connectivity index is 2.31. The fourth-order valence-corrected chi connectivity index (χ4v) is 2.39. The number of nitrogens with zero attached hydrogens (tertiary/aromatic N) is 2. The summed E-state index contributed by atoms with van der Waals surface area (Å²) in [5.41, 5.74) is 1.06. The van der Waals surface area contributed by atoms with Gasteiger partial charge in [-0.1, -0.05) is 18.3 Å². The molecule has 2 aromatic rings. The van der Waals surface area contributed by atoms with Crippen molar-refractivity contribution in [2.24, 2.45) is 0 Å². The third kappa shape index (κ3) is 2.01. The van der Waals surface area contributed by atoms with Crippen LogP contribution in [-0.2, 0) is 6.42 Å². The summed E-state index contributed by atoms with van der Waals surface area (Å²) >= 11 is 1.61. The van der Waals surface area contributed by atoms with Gasteiger partial charge in [-0.2, -0.15) is 0 Å². The second-order valence-electron chi connectivity index (χ2n) is 3.57. The van der Waals surface area contributed by atoms with E-state index in [1.54, 1.807) is 17.6 Å². The Labute approximate surface area is 98.7 Å². The van der Waals surface area contributed by atoms with Crippen LogP contribution < -0.4 is 5.32 Å². The summed E-state index contributed by atoms with van der Waals surface area (Å²) in [6.45, 7) is 4.14. The van der Waals surface area contributed by atoms with E-state index in [2.05, 4.69) is 29.4 Å². The lowest BCUT2D eigenvalue weighted by molar-refractivity contribution is 0.517. The number of aromatic nitrogens is 2. The van der Waals surface area contributed by atoms with Gasteiger partial charge in [-0.25, -0.2) is 0 Å². The molecule has 0 bridgehead atoms. The molecule has 2 heterocycles. The van der Waals surface area contributed by atoms with E-state index in [1.807, 2.05) is 13.1 Å². The molecule has 0 aliphatic carbocycles. The number of nitrogens with one attached hydrogen (secondary N) is 1. The highest BCUT2D eigenvalue weighted by Crippen LogP contribution is 2.30. The molecule has 5 heteroatoms. The standard InChI is InChI=1S/C11H15N3OS/c1-4-9-8(5-6-15-9)11-14-13-10(16-11)7(2)12-3/h5-7,12H,4H2,1-3H3. The molecule has 0 spiro atoms. The number of rotatable bonds is 4. The van der Waals surface area contributed by atoms with E-state index in [1.165, 1.54) is 0 Å². The Morgan fingerprint density at radius 2 is 2.31 bits per heavy atom. The Bertz CT molecular complexity index is 463. The number of hydrogen-bond acceptors (Lipinski definition) is 5. The molecular weight excluding hydrogens is 222 g/mol. The quantitative estimate of drug-likeness (QED) is 0.888. The van der Waals surface area contributed by atoms with Crippen LogP contribution >= 0.6 is 11.3 Å². The predicted octanol–water partition coefficient (Wildman–Crippen LogP) is 2.64. The van der Waals surface area contributed by atoms with Crippen molar-refractivity contribution in [1.82, 2.24) is 15.5 Å². The molecular formula is C11H15N3OS. The summed E-state index contributed by atoms with van der Waals surface area (Å²) in [5.74, 6) is 0.972. The summed E-state index contributed by atoms with van der Waals surface area (Å²) < 4.78 is 5.39. The minimum absolute atomic E-state index is 0.239. The van der Waals surface area contributed by atoms with Gasteiger partial charge in [0.1, 0.15) is 10.8 Å². The average Bonchev–Trinajstić information content (AvgIpc) is 2.95. The van der Waals surface area contributed by atoms with Gasteiger partial charge < -0.3 is 9.73 Å². The first kappa shape index (κ1) is 11.3. The monoisotopic (exact) mass is 237 g/mol. The molecule has 0 aliphatic heterocycles. The number of aryl methyl sites for hydroxylation is 1. The molecule has 86 valence electrons. The normalized spacial score (nSPS) is 12.9. The van der Waals surface area contributed by atoms with E-state index in [0.717, 1.165) is 27.8 Å². The Hall–Kier alpha value is -1.20. The van der Waals surface area contributed by atoms with Crippen LogP contribution in [-0.4, -0.2) is 17.2 Å². The highest BCUT2D eigenvalue weighted by atomic mass is 32.1. The van der Waals surface area contributed by atoms with Crippen molar-refractivity contribution in [3.63, 3.8) is 0 Å². The smallest absolute Gasteiger partial charge is 0.151 e. The minimum Gasteiger partial charge on any atom is -0.469 e. The summed E-state index contributed by atoms with van der Waals surface area (Å²) in [6, 6.07) is 2.19. The molecule has 0 saturated carbocycles. The highest BCUT2D eigenvalue weighted by Gasteiger charge is 2.14. The highest BCUT2D eigenvalue weighted by molar-refractivity contribution is 7.14. The molecule has 2 aromatic heterocycles. The molecule has 0 aromatic carbocycles. The first-order valence-electron chi connectivity index (χ1n) is 5.33. The van der Waals surface area contributed by atoms with Gasteiger partial charge in [-0.15, -0.1) is 10.2 Å². The summed E-state index contributed by atoms with van der Waals surface area (Å²) in [4.78, 5) is 0. The van der Waals surface area contributed by atoms with Crippen molar-refractivity contribution in [1.29, 1.82) is 0 Å². The van der Waals surface area contributed by atoms with Crippen LogP contribution in [0.2, 0.25) is 0 Å². The molecule has 4 nitrogen and oxygen atoms in total. The fourth-order valence-electron chi connectivity index (χ4n) is 1.45. The lowest BCUT2D eigenvalue weighted by atomic mass is 10.2. The SMILES string of the molecule is CCc1occc1-c1nnc(C(C)NC)s1. The maximum absolute atomic E-state index is 5.39. The summed E-state index contributed by atoms with van der Waals surface area (Å²) in [7, 11) is 1.92. The van der Waals surface area contributed by atoms with E-state index >= 15 is 0 Å². The van der Waals surface area contributed by atoms with E-state index in [-0.39, 0.29) is 6.04 Å². The Kier molecular flexibility index (Phi) is 3.36. The topological polar surface area (TPSA) is 51.0 Å². The molecule has 2 rings (SSSR count). The molecule has 0 amide bonds. The van der Waals surface area contributed by atoms with Crippen LogP contribution in [0.25, 0.3) is 10.6 Å². The first-order chi connectivity index (χ1) is 7.76. The first-order valence-corrected chi connectivity index (χ1v) is 6.15. The number of furan rings is 1. The summed E-state index contributed by atoms with van der Waals surface area (Å²) in [6.07, 6.45) is 2.58. The van der Waals surface area contributed by atoms with Gasteiger partial charge in [-0.3, -0.25) is 0 Å². The molecule has 0 radical (unpaired) electrons. The van der Waals surface area contributed by atoms with Crippen molar-refractivity contribution < 1.29 is 4.42 Å². The van der Waals surface area contributed by atoms with E-state index in [0.29, 0.717) is 0 Å². The zero-order valence-corrected chi connectivity index (χ0v) is 10.5. The van der Waals surface area contributed by atoms with E-state index in [4.69, 9.17) is 4.42 Å². The zero-order valence-electron chi connectivity index (χ0n) is 9.65. The maximum Gasteiger partial charge on any atom is 0.151 e. The predicted molar refractivity (Wildman–Crippen MR) is 64.5 cm³/mol. The van der Waals surface area contributed by atoms with Gasteiger partial charge in [0.05, 0.1) is 17.9 Å². The second-order valence-corrected chi connectivity index (χ2v) is 4.58. The fraction of sp³-hybridized carbons (Fsp3) is 0.455. The molecule has 1 unspecified atom stereocenters. The molecule has 1 N–H and O–H groups in total. The van der Waals surface area contributed by atoms with Gasteiger partial charge >= 0.3 is 0 Å². The van der Waals surface area contributed by atoms with E-state index in [9.17, 15) is 0 Å². The zero-order chi connectivity index (χ0) is 11.5. The second kappa shape index (κ2) is 4.76. The average molecular weight is 237 g/mol. The van der Waals surface area contributed by atoms with Crippen LogP contribution in [0.15, 0.2) is 16.7 Å². The minimum atomic E-state index is 0.239. The maximum atomic E-state index is 5.39. The van der Waals surface area contributed by atoms with Crippen molar-refractivity contribution in [3.05, 3.63) is 23.1 Å². The van der Waals surface area contributed by atoms with E-state index < -0.39 is 0 Å². The third-order valence-electron chi connectivity index (χ3n) is 2.54. The molecule has 16 heavy (non-hydrogen) atoms. The van der Waals surface area contributed by atoms with Crippen LogP contribution in [0.3, 0.4) is 0 Å². The van der Waals surface area contributed by atoms with Gasteiger partial charge in [0.25, 0.3) is 0 Å². The van der Waals surface area contributed by atoms with Crippen LogP contribution in [0.5, 0.6) is 0 Å². The van der Waals surface area contributed by atoms with Gasteiger partial charge in [0.15, 0.2) is 5.01 Å². The molecule has 0 saturated heterocycles. The van der Waals surface area contributed by atoms with Crippen LogP contribution in [0.1, 0.15) is 30.7 Å². The van der Waals surface area contributed by atoms with Crippen LogP contribution in [0.4, 0.5) is 0 Å². The number of hydrogen-bond donors (Lipinski definition) is 1. The van der Waals surface area contributed by atoms with Gasteiger partial charge in [0.2, 0.25) is 0 Å². The lowest BCUT2D eigenvalue weighted by Crippen LogP contribution is -2.11. The van der Waals surface area contributed by atoms with Crippen molar-refractivity contribution in [2.75, 3.05) is 7.05 Å². The third-order valence-corrected chi connectivity index (χ3v) is 3.68. The van der Waals surface area contributed by atoms with Crippen molar-refractivity contribution in [3.8, 4) is 10.6 Å². The van der Waals surface area contributed by atoms with Crippen molar-refractivity contribution >= 4 is 11.3 Å². The Morgan fingerprint density at radius 1 is 1.50 bits per heavy atom. The van der Waals surface area contributed by atoms with Gasteiger partial charge in [-0.05, 0) is 20.0 Å². The van der Waals surface area contributed by atoms with Gasteiger partial charge in [0, 0.05) is 6.42 Å². The largest absolute Gasteiger partial charge is 0.469 e. The summed E-state index contributed by atoms with van der Waals surface area (Å²) in [5, 5.41) is 13.5.